The first-order chi connectivity index (χ1) is 21.9. The number of thiazole rings is 1. The molecule has 0 bridgehead atoms. The van der Waals surface area contributed by atoms with Crippen LogP contribution in [0.5, 0.6) is 11.5 Å². The number of hydrogen-bond donors (Lipinski definition) is 1. The first-order valence-electron chi connectivity index (χ1n) is 14.2. The monoisotopic (exact) mass is 637 g/mol. The maximum Gasteiger partial charge on any atom is 0.308 e. The molecule has 0 radical (unpaired) electrons. The van der Waals surface area contributed by atoms with Crippen LogP contribution in [0.2, 0.25) is 0 Å². The zero-order valence-corrected chi connectivity index (χ0v) is 25.9. The average Bonchev–Trinajstić information content (AvgIpc) is 3.51. The molecule has 4 aromatic carbocycles. The van der Waals surface area contributed by atoms with Crippen LogP contribution in [-0.4, -0.2) is 41.8 Å². The summed E-state index contributed by atoms with van der Waals surface area (Å²) in [6.45, 7) is -0.238. The fraction of sp³-hybridized carbons (Fsp3) is 0.176. The van der Waals surface area contributed by atoms with E-state index in [-0.39, 0.29) is 29.1 Å². The molecule has 0 saturated carbocycles. The number of carbonyl (C=O) groups is 3. The van der Waals surface area contributed by atoms with Gasteiger partial charge in [-0.05, 0) is 53.4 Å². The minimum Gasteiger partial charge on any atom is -0.497 e. The molecule has 2 aliphatic rings. The second-order valence-corrected chi connectivity index (χ2v) is 12.8. The molecule has 1 saturated heterocycles. The lowest BCUT2D eigenvalue weighted by molar-refractivity contribution is -0.122. The van der Waals surface area contributed by atoms with E-state index >= 15 is 0 Å². The highest BCUT2D eigenvalue weighted by Crippen LogP contribution is 2.54. The Morgan fingerprint density at radius 1 is 0.822 bits per heavy atom. The molecule has 226 valence electrons. The van der Waals surface area contributed by atoms with Gasteiger partial charge in [-0.25, -0.2) is 4.90 Å². The normalized spacial score (nSPS) is 18.9. The first-order valence-corrected chi connectivity index (χ1v) is 15.9. The fourth-order valence-electron chi connectivity index (χ4n) is 6.08. The molecule has 0 spiro atoms. The molecule has 1 aromatic heterocycles. The molecule has 3 heterocycles. The smallest absolute Gasteiger partial charge is 0.308 e. The number of anilines is 2. The van der Waals surface area contributed by atoms with Gasteiger partial charge in [-0.2, -0.15) is 0 Å². The van der Waals surface area contributed by atoms with Crippen molar-refractivity contribution in [1.29, 1.82) is 0 Å². The van der Waals surface area contributed by atoms with E-state index < -0.39 is 17.1 Å². The Balaban J connectivity index is 1.27. The highest BCUT2D eigenvalue weighted by molar-refractivity contribution is 8.00. The Bertz CT molecular complexity index is 2010. The van der Waals surface area contributed by atoms with Gasteiger partial charge in [-0.1, -0.05) is 71.6 Å². The van der Waals surface area contributed by atoms with Gasteiger partial charge in [0.25, 0.3) is 0 Å². The first kappa shape index (κ1) is 28.9. The average molecular weight is 638 g/mol. The molecular formula is C34H27N3O6S2. The van der Waals surface area contributed by atoms with Crippen LogP contribution >= 0.6 is 23.1 Å². The Labute approximate surface area is 266 Å². The summed E-state index contributed by atoms with van der Waals surface area (Å²) in [5.41, 5.74) is 1.87. The summed E-state index contributed by atoms with van der Waals surface area (Å²) in [6, 6.07) is 27.5. The number of aromatic nitrogens is 1. The van der Waals surface area contributed by atoms with Crippen molar-refractivity contribution in [2.24, 2.45) is 5.92 Å². The summed E-state index contributed by atoms with van der Waals surface area (Å²) < 4.78 is 12.0. The predicted octanol–water partition coefficient (Wildman–Crippen LogP) is 5.51. The quantitative estimate of drug-likeness (QED) is 0.235. The number of thioether (sulfide) groups is 1. The van der Waals surface area contributed by atoms with Crippen LogP contribution in [0.4, 0.5) is 11.4 Å². The lowest BCUT2D eigenvalue weighted by Crippen LogP contribution is -2.33. The number of amides is 3. The maximum atomic E-state index is 14.1. The topological polar surface area (TPSA) is 107 Å². The molecule has 9 nitrogen and oxygen atoms in total. The van der Waals surface area contributed by atoms with Gasteiger partial charge >= 0.3 is 4.87 Å². The van der Waals surface area contributed by atoms with E-state index in [0.717, 1.165) is 27.7 Å². The third kappa shape index (κ3) is 4.98. The number of methoxy groups -OCH3 is 2. The van der Waals surface area contributed by atoms with E-state index in [1.807, 2.05) is 54.6 Å². The SMILES string of the molecule is COc1ccc([C@@H]2c3sc(=O)n(CC(=O)Nc4cccc5ccccc45)c3S[C@H]3C(=O)N(c4ccc(OC)cc4)C(=O)[C@@H]23)cc1. The van der Waals surface area contributed by atoms with E-state index in [9.17, 15) is 19.2 Å². The van der Waals surface area contributed by atoms with Crippen molar-refractivity contribution in [3.8, 4) is 11.5 Å². The molecule has 5 aromatic rings. The zero-order valence-electron chi connectivity index (χ0n) is 24.3. The summed E-state index contributed by atoms with van der Waals surface area (Å²) >= 11 is 2.19. The minimum absolute atomic E-state index is 0.238. The van der Waals surface area contributed by atoms with Gasteiger partial charge < -0.3 is 14.8 Å². The second kappa shape index (κ2) is 11.6. The number of fused-ring (bicyclic) bond motifs is 3. The van der Waals surface area contributed by atoms with Crippen LogP contribution in [0.25, 0.3) is 10.8 Å². The number of hydrogen-bond acceptors (Lipinski definition) is 8. The highest BCUT2D eigenvalue weighted by Gasteiger charge is 2.56. The van der Waals surface area contributed by atoms with Gasteiger partial charge in [0.15, 0.2) is 0 Å². The number of ether oxygens (including phenoxy) is 2. The van der Waals surface area contributed by atoms with Crippen LogP contribution in [0.3, 0.4) is 0 Å². The van der Waals surface area contributed by atoms with E-state index in [0.29, 0.717) is 32.8 Å². The van der Waals surface area contributed by atoms with Crippen molar-refractivity contribution in [1.82, 2.24) is 4.57 Å². The van der Waals surface area contributed by atoms with Crippen LogP contribution in [0.15, 0.2) is 101 Å². The fourth-order valence-corrected chi connectivity index (χ4v) is 8.85. The lowest BCUT2D eigenvalue weighted by atomic mass is 9.83. The van der Waals surface area contributed by atoms with E-state index in [4.69, 9.17) is 9.47 Å². The summed E-state index contributed by atoms with van der Waals surface area (Å²) in [7, 11) is 3.12. The third-order valence-electron chi connectivity index (χ3n) is 8.22. The van der Waals surface area contributed by atoms with Crippen LogP contribution in [0, 0.1) is 5.92 Å². The van der Waals surface area contributed by atoms with Crippen LogP contribution in [-0.2, 0) is 20.9 Å². The Morgan fingerprint density at radius 2 is 1.49 bits per heavy atom. The van der Waals surface area contributed by atoms with E-state index in [1.165, 1.54) is 21.2 Å². The lowest BCUT2D eigenvalue weighted by Gasteiger charge is -2.30. The molecule has 0 aliphatic carbocycles. The molecule has 3 amide bonds. The number of imide groups is 1. The Morgan fingerprint density at radius 3 is 2.20 bits per heavy atom. The van der Waals surface area contributed by atoms with Crippen molar-refractivity contribution < 1.29 is 23.9 Å². The zero-order chi connectivity index (χ0) is 31.2. The number of nitrogens with one attached hydrogen (secondary N) is 1. The van der Waals surface area contributed by atoms with Gasteiger partial charge in [0.1, 0.15) is 23.3 Å². The molecular weight excluding hydrogens is 611 g/mol. The number of carbonyl (C=O) groups excluding carboxylic acids is 3. The second-order valence-electron chi connectivity index (χ2n) is 10.7. The summed E-state index contributed by atoms with van der Waals surface area (Å²) in [5.74, 6) is -1.14. The number of rotatable bonds is 7. The molecule has 3 atom stereocenters. The summed E-state index contributed by atoms with van der Waals surface area (Å²) in [6.07, 6.45) is 0. The number of benzene rings is 4. The highest BCUT2D eigenvalue weighted by atomic mass is 32.2. The van der Waals surface area contributed by atoms with Gasteiger partial charge in [-0.3, -0.25) is 23.7 Å². The summed E-state index contributed by atoms with van der Waals surface area (Å²) in [5, 5.41) is 4.56. The Kier molecular flexibility index (Phi) is 7.42. The molecule has 2 aliphatic heterocycles. The van der Waals surface area contributed by atoms with Crippen molar-refractivity contribution in [3.63, 3.8) is 0 Å². The minimum atomic E-state index is -0.791. The van der Waals surface area contributed by atoms with Crippen LogP contribution in [0.1, 0.15) is 16.4 Å². The molecule has 7 rings (SSSR count). The largest absolute Gasteiger partial charge is 0.497 e. The van der Waals surface area contributed by atoms with Gasteiger partial charge in [0, 0.05) is 21.9 Å². The summed E-state index contributed by atoms with van der Waals surface area (Å²) in [4.78, 5) is 56.5. The van der Waals surface area contributed by atoms with Gasteiger partial charge in [0.2, 0.25) is 17.7 Å². The standard InChI is InChI=1S/C34H27N3O6S2/c1-42-22-14-10-20(11-15-22)27-28-29(32(40)37(31(28)39)21-12-16-23(43-2)17-13-21)44-33-30(27)45-34(41)36(33)18-26(38)35-25-9-5-7-19-6-3-4-8-24(19)25/h3-17,27-29H,18H2,1-2H3,(H,35,38)/t27-,28-,29+/m0/s1. The van der Waals surface area contributed by atoms with Crippen LogP contribution < -0.4 is 24.6 Å². The van der Waals surface area contributed by atoms with Gasteiger partial charge in [-0.15, -0.1) is 0 Å². The van der Waals surface area contributed by atoms with E-state index in [1.54, 1.807) is 50.6 Å². The molecule has 11 heteroatoms. The van der Waals surface area contributed by atoms with Gasteiger partial charge in [0.05, 0.1) is 30.9 Å². The molecule has 0 unspecified atom stereocenters. The Hall–Kier alpha value is -4.87. The van der Waals surface area contributed by atoms with E-state index in [2.05, 4.69) is 5.32 Å². The molecule has 1 N–H and O–H groups in total. The van der Waals surface area contributed by atoms with Crippen molar-refractivity contribution in [2.45, 2.75) is 22.7 Å². The van der Waals surface area contributed by atoms with Crippen molar-refractivity contribution >= 4 is 63.0 Å². The number of nitrogens with zero attached hydrogens (tertiary/aromatic N) is 2. The van der Waals surface area contributed by atoms with Crippen molar-refractivity contribution in [3.05, 3.63) is 111 Å². The third-order valence-corrected chi connectivity index (χ3v) is 10.8. The van der Waals surface area contributed by atoms with Crippen molar-refractivity contribution in [2.75, 3.05) is 24.4 Å². The maximum absolute atomic E-state index is 14.1. The molecule has 1 fully saturated rings. The predicted molar refractivity (Wildman–Crippen MR) is 175 cm³/mol. The molecule has 45 heavy (non-hydrogen) atoms.